The van der Waals surface area contributed by atoms with E-state index < -0.39 is 5.54 Å². The van der Waals surface area contributed by atoms with E-state index in [0.717, 1.165) is 50.1 Å². The number of fused-ring (bicyclic) bond motifs is 1. The van der Waals surface area contributed by atoms with Crippen LogP contribution >= 0.6 is 0 Å². The maximum atomic E-state index is 12.3. The van der Waals surface area contributed by atoms with Gasteiger partial charge in [0.1, 0.15) is 11.2 Å². The maximum Gasteiger partial charge on any atom is 0.221 e. The van der Waals surface area contributed by atoms with E-state index in [-0.39, 0.29) is 5.91 Å². The SMILES string of the molecule is C=Cc1cc2c(-c3ccnc(C)c3)nn(C(c3ccccc3)(c3ccccc3)c3ccccc3)c2cc1NC(C)=O. The predicted octanol–water partition coefficient (Wildman–Crippen LogP) is 7.85. The van der Waals surface area contributed by atoms with E-state index in [9.17, 15) is 4.79 Å². The minimum absolute atomic E-state index is 0.149. The highest BCUT2D eigenvalue weighted by Gasteiger charge is 2.41. The molecule has 0 aliphatic carbocycles. The molecule has 0 spiro atoms. The van der Waals surface area contributed by atoms with Crippen molar-refractivity contribution in [2.24, 2.45) is 0 Å². The standard InChI is InChI=1S/C36H30N4O/c1-4-27-23-32-34(24-33(27)38-26(3)41)40(39-35(32)28-20-21-37-25(2)22-28)36(29-14-8-5-9-15-29,30-16-10-6-11-17-30)31-18-12-7-13-19-31/h4-24H,1H2,2-3H3,(H,38,41). The Morgan fingerprint density at radius 1 is 0.829 bits per heavy atom. The van der Waals surface area contributed by atoms with Crippen LogP contribution in [0.1, 0.15) is 34.9 Å². The fourth-order valence-electron chi connectivity index (χ4n) is 5.71. The highest BCUT2D eigenvalue weighted by Crippen LogP contribution is 2.44. The second-order valence-corrected chi connectivity index (χ2v) is 10.1. The number of carbonyl (C=O) groups excluding carboxylic acids is 1. The molecule has 6 aromatic rings. The van der Waals surface area contributed by atoms with Crippen molar-refractivity contribution in [2.45, 2.75) is 19.4 Å². The van der Waals surface area contributed by atoms with E-state index in [1.54, 1.807) is 6.08 Å². The lowest BCUT2D eigenvalue weighted by Crippen LogP contribution is -2.38. The van der Waals surface area contributed by atoms with Crippen LogP contribution in [0.5, 0.6) is 0 Å². The lowest BCUT2D eigenvalue weighted by molar-refractivity contribution is -0.114. The molecule has 200 valence electrons. The summed E-state index contributed by atoms with van der Waals surface area (Å²) in [6, 6.07) is 39.5. The third-order valence-electron chi connectivity index (χ3n) is 7.44. The Morgan fingerprint density at radius 3 is 1.88 bits per heavy atom. The molecule has 0 bridgehead atoms. The molecule has 0 radical (unpaired) electrons. The predicted molar refractivity (Wildman–Crippen MR) is 167 cm³/mol. The van der Waals surface area contributed by atoms with Gasteiger partial charge < -0.3 is 5.32 Å². The van der Waals surface area contributed by atoms with E-state index in [2.05, 4.69) is 106 Å². The number of nitrogens with zero attached hydrogens (tertiary/aromatic N) is 3. The number of aryl methyl sites for hydroxylation is 1. The Bertz CT molecular complexity index is 1760. The van der Waals surface area contributed by atoms with E-state index in [1.807, 2.05) is 43.5 Å². The quantitative estimate of drug-likeness (QED) is 0.212. The lowest BCUT2D eigenvalue weighted by atomic mass is 9.77. The van der Waals surface area contributed by atoms with Gasteiger partial charge in [-0.15, -0.1) is 0 Å². The number of hydrogen-bond donors (Lipinski definition) is 1. The van der Waals surface area contributed by atoms with Crippen LogP contribution in [0.2, 0.25) is 0 Å². The van der Waals surface area contributed by atoms with Crippen molar-refractivity contribution in [3.8, 4) is 11.3 Å². The van der Waals surface area contributed by atoms with Crippen molar-refractivity contribution < 1.29 is 4.79 Å². The van der Waals surface area contributed by atoms with Gasteiger partial charge in [0.2, 0.25) is 5.91 Å². The first-order chi connectivity index (χ1) is 20.0. The van der Waals surface area contributed by atoms with Crippen LogP contribution in [0.15, 0.2) is 128 Å². The van der Waals surface area contributed by atoms with Gasteiger partial charge in [-0.3, -0.25) is 9.78 Å². The number of nitrogens with one attached hydrogen (secondary N) is 1. The number of pyridine rings is 1. The molecule has 2 aromatic heterocycles. The van der Waals surface area contributed by atoms with E-state index >= 15 is 0 Å². The zero-order chi connectivity index (χ0) is 28.4. The van der Waals surface area contributed by atoms with Gasteiger partial charge in [0.25, 0.3) is 0 Å². The Morgan fingerprint density at radius 2 is 1.39 bits per heavy atom. The fourth-order valence-corrected chi connectivity index (χ4v) is 5.71. The highest BCUT2D eigenvalue weighted by molar-refractivity contribution is 6.01. The zero-order valence-electron chi connectivity index (χ0n) is 23.1. The minimum atomic E-state index is -0.828. The van der Waals surface area contributed by atoms with Crippen molar-refractivity contribution in [3.63, 3.8) is 0 Å². The largest absolute Gasteiger partial charge is 0.326 e. The van der Waals surface area contributed by atoms with Gasteiger partial charge in [-0.1, -0.05) is 104 Å². The molecule has 2 heterocycles. The molecule has 5 heteroatoms. The minimum Gasteiger partial charge on any atom is -0.326 e. The number of carbonyl (C=O) groups is 1. The van der Waals surface area contributed by atoms with Crippen molar-refractivity contribution >= 4 is 28.6 Å². The van der Waals surface area contributed by atoms with Gasteiger partial charge in [-0.2, -0.15) is 5.10 Å². The van der Waals surface area contributed by atoms with Gasteiger partial charge in [-0.05, 0) is 53.4 Å². The molecule has 41 heavy (non-hydrogen) atoms. The topological polar surface area (TPSA) is 59.8 Å². The summed E-state index contributed by atoms with van der Waals surface area (Å²) in [5.74, 6) is -0.149. The van der Waals surface area contributed by atoms with Gasteiger partial charge in [0, 0.05) is 29.8 Å². The van der Waals surface area contributed by atoms with Crippen molar-refractivity contribution in [2.75, 3.05) is 5.32 Å². The Kier molecular flexibility index (Phi) is 6.78. The average Bonchev–Trinajstić information content (AvgIpc) is 3.37. The first kappa shape index (κ1) is 26.0. The second-order valence-electron chi connectivity index (χ2n) is 10.1. The van der Waals surface area contributed by atoms with Crippen molar-refractivity contribution in [1.82, 2.24) is 14.8 Å². The molecular formula is C36H30N4O. The van der Waals surface area contributed by atoms with Crippen LogP contribution in [0.25, 0.3) is 28.2 Å². The van der Waals surface area contributed by atoms with Gasteiger partial charge >= 0.3 is 0 Å². The molecule has 4 aromatic carbocycles. The number of anilines is 1. The highest BCUT2D eigenvalue weighted by atomic mass is 16.1. The molecule has 0 saturated heterocycles. The van der Waals surface area contributed by atoms with Gasteiger partial charge in [0.05, 0.1) is 11.2 Å². The first-order valence-electron chi connectivity index (χ1n) is 13.6. The number of hydrogen-bond acceptors (Lipinski definition) is 3. The number of rotatable bonds is 7. The lowest BCUT2D eigenvalue weighted by Gasteiger charge is -2.37. The third kappa shape index (κ3) is 4.51. The summed E-state index contributed by atoms with van der Waals surface area (Å²) in [5, 5.41) is 9.40. The third-order valence-corrected chi connectivity index (χ3v) is 7.44. The van der Waals surface area contributed by atoms with Crippen LogP contribution in [0.3, 0.4) is 0 Å². The molecule has 0 atom stereocenters. The molecule has 0 aliphatic heterocycles. The van der Waals surface area contributed by atoms with Crippen LogP contribution in [-0.2, 0) is 10.3 Å². The fraction of sp³-hybridized carbons (Fsp3) is 0.0833. The summed E-state index contributed by atoms with van der Waals surface area (Å²) in [6.45, 7) is 7.53. The number of benzene rings is 4. The van der Waals surface area contributed by atoms with Gasteiger partial charge in [0.15, 0.2) is 0 Å². The zero-order valence-corrected chi connectivity index (χ0v) is 23.1. The Balaban J connectivity index is 1.82. The Labute approximate surface area is 239 Å². The van der Waals surface area contributed by atoms with E-state index in [1.165, 1.54) is 6.92 Å². The second kappa shape index (κ2) is 10.7. The average molecular weight is 535 g/mol. The van der Waals surface area contributed by atoms with E-state index in [4.69, 9.17) is 5.10 Å². The molecule has 5 nitrogen and oxygen atoms in total. The van der Waals surface area contributed by atoms with Crippen LogP contribution in [0, 0.1) is 6.92 Å². The summed E-state index contributed by atoms with van der Waals surface area (Å²) in [7, 11) is 0. The van der Waals surface area contributed by atoms with Crippen LogP contribution in [-0.4, -0.2) is 20.7 Å². The number of amides is 1. The summed E-state index contributed by atoms with van der Waals surface area (Å²) < 4.78 is 2.12. The molecule has 1 N–H and O–H groups in total. The smallest absolute Gasteiger partial charge is 0.221 e. The van der Waals surface area contributed by atoms with Crippen LogP contribution < -0.4 is 5.32 Å². The van der Waals surface area contributed by atoms with Crippen LogP contribution in [0.4, 0.5) is 5.69 Å². The normalized spacial score (nSPS) is 11.4. The molecule has 0 fully saturated rings. The first-order valence-corrected chi connectivity index (χ1v) is 13.6. The summed E-state index contributed by atoms with van der Waals surface area (Å²) >= 11 is 0. The number of aromatic nitrogens is 3. The Hall–Kier alpha value is -5.29. The molecular weight excluding hydrogens is 504 g/mol. The van der Waals surface area contributed by atoms with Gasteiger partial charge in [-0.25, -0.2) is 4.68 Å². The summed E-state index contributed by atoms with van der Waals surface area (Å²) in [5.41, 5.74) is 7.44. The monoisotopic (exact) mass is 534 g/mol. The summed E-state index contributed by atoms with van der Waals surface area (Å²) in [6.07, 6.45) is 3.58. The molecule has 0 unspecified atom stereocenters. The van der Waals surface area contributed by atoms with Crippen molar-refractivity contribution in [1.29, 1.82) is 0 Å². The molecule has 0 aliphatic rings. The molecule has 0 saturated carbocycles. The molecule has 6 rings (SSSR count). The maximum absolute atomic E-state index is 12.3. The van der Waals surface area contributed by atoms with Crippen molar-refractivity contribution in [3.05, 3.63) is 156 Å². The van der Waals surface area contributed by atoms with E-state index in [0.29, 0.717) is 5.69 Å². The molecule has 1 amide bonds. The summed E-state index contributed by atoms with van der Waals surface area (Å²) in [4.78, 5) is 16.7.